The maximum absolute atomic E-state index is 13.7. The van der Waals surface area contributed by atoms with Gasteiger partial charge < -0.3 is 35.1 Å². The predicted octanol–water partition coefficient (Wildman–Crippen LogP) is 6.43. The van der Waals surface area contributed by atoms with Crippen LogP contribution in [0.3, 0.4) is 0 Å². The summed E-state index contributed by atoms with van der Waals surface area (Å²) in [6, 6.07) is 19.6. The maximum atomic E-state index is 13.7. The number of carboxylic acid groups (broad SMARTS) is 1. The fraction of sp³-hybridized carbons (Fsp3) is 0.368. The first-order valence-corrected chi connectivity index (χ1v) is 24.1. The summed E-state index contributed by atoms with van der Waals surface area (Å²) in [6.07, 6.45) is 11.1. The molecule has 4 aromatic heterocycles. The number of carbonyl (C=O) groups excluding carboxylic acids is 3. The molecule has 0 aliphatic carbocycles. The van der Waals surface area contributed by atoms with Crippen molar-refractivity contribution in [2.45, 2.75) is 119 Å². The average Bonchev–Trinajstić information content (AvgIpc) is 3.32. The van der Waals surface area contributed by atoms with E-state index in [0.717, 1.165) is 55.6 Å². The summed E-state index contributed by atoms with van der Waals surface area (Å²) in [6.45, 7) is 19.6. The molecule has 4 N–H and O–H groups in total. The number of nitrogens with zero attached hydrogens (tertiary/aromatic N) is 4. The predicted molar refractivity (Wildman–Crippen MR) is 279 cm³/mol. The van der Waals surface area contributed by atoms with Gasteiger partial charge in [-0.15, -0.1) is 0 Å². The van der Waals surface area contributed by atoms with Crippen LogP contribution in [0.4, 0.5) is 0 Å². The summed E-state index contributed by atoms with van der Waals surface area (Å²) in [5.74, 6) is -2.47. The van der Waals surface area contributed by atoms with E-state index < -0.39 is 42.0 Å². The van der Waals surface area contributed by atoms with Gasteiger partial charge in [0.2, 0.25) is 11.8 Å². The molecule has 382 valence electrons. The smallest absolute Gasteiger partial charge is 0.870 e. The van der Waals surface area contributed by atoms with E-state index in [2.05, 4.69) is 20.6 Å². The van der Waals surface area contributed by atoms with Crippen molar-refractivity contribution >= 4 is 23.8 Å². The quantitative estimate of drug-likeness (QED) is 0.0630. The van der Waals surface area contributed by atoms with Gasteiger partial charge in [0.15, 0.2) is 0 Å². The first kappa shape index (κ1) is 60.4. The number of ether oxygens (including phenoxy) is 1. The van der Waals surface area contributed by atoms with Gasteiger partial charge >= 0.3 is 30.8 Å². The summed E-state index contributed by atoms with van der Waals surface area (Å²) >= 11 is 0. The van der Waals surface area contributed by atoms with Gasteiger partial charge in [0, 0.05) is 60.4 Å². The third-order valence-corrected chi connectivity index (χ3v) is 13.2. The zero-order valence-electron chi connectivity index (χ0n) is 44.2. The van der Waals surface area contributed by atoms with Crippen molar-refractivity contribution in [2.75, 3.05) is 7.11 Å². The summed E-state index contributed by atoms with van der Waals surface area (Å²) in [7, 11) is 1.32. The van der Waals surface area contributed by atoms with E-state index in [-0.39, 0.29) is 66.0 Å². The molecular formula is C57H69LiN6O9. The van der Waals surface area contributed by atoms with Gasteiger partial charge in [-0.2, -0.15) is 0 Å². The van der Waals surface area contributed by atoms with E-state index in [1.165, 1.54) is 28.4 Å². The van der Waals surface area contributed by atoms with Gasteiger partial charge in [-0.1, -0.05) is 76.9 Å². The minimum Gasteiger partial charge on any atom is -0.870 e. The fourth-order valence-corrected chi connectivity index (χ4v) is 8.95. The van der Waals surface area contributed by atoms with Crippen LogP contribution in [0.15, 0.2) is 120 Å². The Balaban J connectivity index is 0.000000375. The van der Waals surface area contributed by atoms with E-state index in [1.54, 1.807) is 43.2 Å². The van der Waals surface area contributed by atoms with Crippen molar-refractivity contribution in [1.29, 1.82) is 0 Å². The molecule has 0 saturated carbocycles. The molecule has 16 heteroatoms. The first-order valence-electron chi connectivity index (χ1n) is 24.1. The molecule has 2 amide bonds. The van der Waals surface area contributed by atoms with Crippen molar-refractivity contribution in [3.8, 4) is 22.3 Å². The number of aliphatic carboxylic acids is 1. The number of carbonyl (C=O) groups is 4. The molecule has 0 spiro atoms. The Morgan fingerprint density at radius 1 is 0.603 bits per heavy atom. The fourth-order valence-electron chi connectivity index (χ4n) is 8.95. The summed E-state index contributed by atoms with van der Waals surface area (Å²) in [4.78, 5) is 85.4. The Morgan fingerprint density at radius 3 is 1.30 bits per heavy atom. The Bertz CT molecular complexity index is 2950. The molecule has 6 atom stereocenters. The summed E-state index contributed by atoms with van der Waals surface area (Å²) < 4.78 is 7.82. The maximum Gasteiger partial charge on any atom is 1.00 e. The van der Waals surface area contributed by atoms with E-state index in [4.69, 9.17) is 4.74 Å². The minimum atomic E-state index is -1.04. The van der Waals surface area contributed by atoms with Gasteiger partial charge in [-0.3, -0.25) is 38.7 Å². The number of aromatic nitrogens is 4. The standard InChI is InChI=1S/C29H35N3O4.C28H33N3O4.Li.H2O/c1-7-19(3)28(32-12-11-18(2)13-25(32)33)29(35)31-24(15-26(34)36-6)22-14-23(17-30-16-22)27-20(4)9-8-10-21(27)5;1-6-18(3)27(31-11-10-17(2)12-24(31)32)28(35)30-23(14-25(33)34)21-13-22(16-29-15-21)26-19(4)8-7-9-20(26)5;;/h8-14,16-17,19,24,28H,7,15H2,1-6H3,(H,31,35);7-13,15-16,18,23,27H,6,14H2,1-5H3,(H,30,35)(H,33,34);;1H2/q;;+1;/p-1/t19-,24+,28?;18-,23+,27?;;/m11../s1. The topological polar surface area (TPSA) is 222 Å². The summed E-state index contributed by atoms with van der Waals surface area (Å²) in [5.41, 5.74) is 10.7. The largest absolute Gasteiger partial charge is 1.00 e. The number of methoxy groups -OCH3 is 1. The Labute approximate surface area is 440 Å². The number of rotatable bonds is 18. The second kappa shape index (κ2) is 27.8. The monoisotopic (exact) mass is 989 g/mol. The number of aryl methyl sites for hydroxylation is 6. The molecule has 0 radical (unpaired) electrons. The van der Waals surface area contributed by atoms with Crippen molar-refractivity contribution in [3.05, 3.63) is 175 Å². The number of hydrogen-bond donors (Lipinski definition) is 3. The molecule has 6 rings (SSSR count). The number of nitrogens with one attached hydrogen (secondary N) is 2. The second-order valence-corrected chi connectivity index (χ2v) is 18.6. The van der Waals surface area contributed by atoms with Crippen molar-refractivity contribution in [2.24, 2.45) is 11.8 Å². The summed E-state index contributed by atoms with van der Waals surface area (Å²) in [5, 5.41) is 15.5. The third-order valence-electron chi connectivity index (χ3n) is 13.2. The number of hydrogen-bond acceptors (Lipinski definition) is 10. The van der Waals surface area contributed by atoms with Gasteiger partial charge in [-0.05, 0) is 133 Å². The van der Waals surface area contributed by atoms with Crippen LogP contribution in [0.2, 0.25) is 0 Å². The van der Waals surface area contributed by atoms with Crippen LogP contribution < -0.4 is 40.6 Å². The van der Waals surface area contributed by atoms with Gasteiger partial charge in [0.05, 0.1) is 32.0 Å². The van der Waals surface area contributed by atoms with Gasteiger partial charge in [0.1, 0.15) is 12.1 Å². The molecule has 6 aromatic rings. The first-order chi connectivity index (χ1) is 33.8. The van der Waals surface area contributed by atoms with Crippen LogP contribution in [0.25, 0.3) is 22.3 Å². The van der Waals surface area contributed by atoms with E-state index >= 15 is 0 Å². The van der Waals surface area contributed by atoms with Crippen LogP contribution in [0.5, 0.6) is 0 Å². The Hall–Kier alpha value is -6.92. The SMILES string of the molecule is CC[C@@H](C)C(C(=O)N[C@@H](CC(=O)O)c1cncc(-c2c(C)cccc2C)c1)n1ccc(C)cc1=O.CC[C@@H](C)C(C(=O)N[C@@H](CC(=O)OC)c1cncc(-c2c(C)cccc2C)c1)n1ccc(C)cc1=O.[Li+].[OH-]. The minimum absolute atomic E-state index is 0. The number of esters is 1. The van der Waals surface area contributed by atoms with Crippen LogP contribution in [0.1, 0.15) is 122 Å². The molecule has 2 unspecified atom stereocenters. The Kier molecular flexibility index (Phi) is 23.0. The molecule has 4 heterocycles. The molecule has 0 aliphatic rings. The molecule has 0 aliphatic heterocycles. The van der Waals surface area contributed by atoms with E-state index in [9.17, 15) is 33.9 Å². The van der Waals surface area contributed by atoms with Crippen LogP contribution in [-0.2, 0) is 23.9 Å². The second-order valence-electron chi connectivity index (χ2n) is 18.6. The number of amides is 2. The Morgan fingerprint density at radius 2 is 0.973 bits per heavy atom. The molecule has 0 fully saturated rings. The molecule has 73 heavy (non-hydrogen) atoms. The van der Waals surface area contributed by atoms with Crippen LogP contribution >= 0.6 is 0 Å². The normalized spacial score (nSPS) is 13.2. The molecule has 2 aromatic carbocycles. The molecule has 0 bridgehead atoms. The average molecular weight is 989 g/mol. The molecular weight excluding hydrogens is 920 g/mol. The number of carboxylic acids is 1. The van der Waals surface area contributed by atoms with Gasteiger partial charge in [-0.25, -0.2) is 0 Å². The third kappa shape index (κ3) is 15.5. The number of pyridine rings is 4. The van der Waals surface area contributed by atoms with E-state index in [0.29, 0.717) is 24.0 Å². The zero-order valence-corrected chi connectivity index (χ0v) is 44.2. The van der Waals surface area contributed by atoms with Crippen molar-refractivity contribution in [3.63, 3.8) is 0 Å². The van der Waals surface area contributed by atoms with E-state index in [1.807, 2.05) is 124 Å². The van der Waals surface area contributed by atoms with Gasteiger partial charge in [0.25, 0.3) is 11.1 Å². The van der Waals surface area contributed by atoms with Crippen molar-refractivity contribution in [1.82, 2.24) is 29.7 Å². The molecule has 15 nitrogen and oxygen atoms in total. The van der Waals surface area contributed by atoms with Crippen LogP contribution in [0, 0.1) is 53.4 Å². The van der Waals surface area contributed by atoms with Crippen LogP contribution in [-0.4, -0.2) is 60.5 Å². The zero-order chi connectivity index (χ0) is 52.1. The number of benzene rings is 2. The van der Waals surface area contributed by atoms with Crippen molar-refractivity contribution < 1.29 is 53.4 Å². The molecule has 0 saturated heterocycles.